The number of carbonyl (C=O) groups is 2. The van der Waals surface area contributed by atoms with Gasteiger partial charge in [-0.25, -0.2) is 0 Å². The number of furan rings is 1. The van der Waals surface area contributed by atoms with Crippen LogP contribution >= 0.6 is 0 Å². The van der Waals surface area contributed by atoms with Crippen LogP contribution in [0.4, 0.5) is 5.69 Å². The van der Waals surface area contributed by atoms with E-state index < -0.39 is 0 Å². The number of amides is 2. The van der Waals surface area contributed by atoms with E-state index in [-0.39, 0.29) is 23.6 Å². The number of pyridine rings is 1. The molecule has 2 heterocycles. The summed E-state index contributed by atoms with van der Waals surface area (Å²) >= 11 is 0. The first-order valence-electron chi connectivity index (χ1n) is 8.19. The van der Waals surface area contributed by atoms with E-state index in [0.29, 0.717) is 11.3 Å². The van der Waals surface area contributed by atoms with Crippen molar-refractivity contribution >= 4 is 17.5 Å². The van der Waals surface area contributed by atoms with Crippen LogP contribution in [-0.4, -0.2) is 23.8 Å². The number of rotatable bonds is 5. The zero-order chi connectivity index (χ0) is 18.5. The molecule has 1 atom stereocenters. The Morgan fingerprint density at radius 1 is 1.12 bits per heavy atom. The summed E-state index contributed by atoms with van der Waals surface area (Å²) in [5, 5.41) is 2.94. The molecule has 1 aromatic carbocycles. The molecule has 0 spiro atoms. The summed E-state index contributed by atoms with van der Waals surface area (Å²) in [6, 6.07) is 13.7. The summed E-state index contributed by atoms with van der Waals surface area (Å²) < 4.78 is 5.16. The van der Waals surface area contributed by atoms with Crippen LogP contribution in [-0.2, 0) is 0 Å². The maximum absolute atomic E-state index is 12.8. The van der Waals surface area contributed by atoms with Crippen LogP contribution in [0.5, 0.6) is 0 Å². The Kier molecular flexibility index (Phi) is 5.12. The Morgan fingerprint density at radius 2 is 1.92 bits per heavy atom. The highest BCUT2D eigenvalue weighted by Crippen LogP contribution is 2.22. The lowest BCUT2D eigenvalue weighted by Crippen LogP contribution is -2.31. The topological polar surface area (TPSA) is 75.4 Å². The molecule has 0 radical (unpaired) electrons. The number of nitrogens with one attached hydrogen (secondary N) is 1. The van der Waals surface area contributed by atoms with Crippen LogP contribution in [0.1, 0.15) is 39.4 Å². The molecule has 3 aromatic rings. The van der Waals surface area contributed by atoms with Gasteiger partial charge in [0.2, 0.25) is 0 Å². The lowest BCUT2D eigenvalue weighted by atomic mass is 10.1. The molecule has 0 aliphatic carbocycles. The zero-order valence-electron chi connectivity index (χ0n) is 14.5. The Bertz CT molecular complexity index is 892. The van der Waals surface area contributed by atoms with Crippen LogP contribution < -0.4 is 10.2 Å². The van der Waals surface area contributed by atoms with Gasteiger partial charge in [-0.3, -0.25) is 14.6 Å². The molecular weight excluding hydrogens is 330 g/mol. The highest BCUT2D eigenvalue weighted by molar-refractivity contribution is 6.09. The van der Waals surface area contributed by atoms with Crippen LogP contribution in [0.15, 0.2) is 71.6 Å². The van der Waals surface area contributed by atoms with Crippen molar-refractivity contribution in [3.8, 4) is 0 Å². The van der Waals surface area contributed by atoms with E-state index >= 15 is 0 Å². The third-order valence-corrected chi connectivity index (χ3v) is 4.08. The Morgan fingerprint density at radius 3 is 2.62 bits per heavy atom. The first kappa shape index (κ1) is 17.4. The fourth-order valence-corrected chi connectivity index (χ4v) is 2.62. The molecule has 2 amide bonds. The van der Waals surface area contributed by atoms with Gasteiger partial charge in [0, 0.05) is 19.4 Å². The standard InChI is InChI=1S/C20H19N3O3/c1-14(15-7-5-11-21-13-15)22-19(24)16-8-3-4-9-17(16)23(2)20(25)18-10-6-12-26-18/h3-14H,1-2H3,(H,22,24). The molecule has 0 bridgehead atoms. The molecule has 0 saturated carbocycles. The number of hydrogen-bond acceptors (Lipinski definition) is 4. The lowest BCUT2D eigenvalue weighted by Gasteiger charge is -2.21. The van der Waals surface area contributed by atoms with E-state index in [9.17, 15) is 9.59 Å². The van der Waals surface area contributed by atoms with Crippen LogP contribution in [0.3, 0.4) is 0 Å². The molecule has 132 valence electrons. The second-order valence-corrected chi connectivity index (χ2v) is 5.84. The maximum atomic E-state index is 12.8. The fourth-order valence-electron chi connectivity index (χ4n) is 2.62. The molecule has 6 heteroatoms. The number of carbonyl (C=O) groups excluding carboxylic acids is 2. The smallest absolute Gasteiger partial charge is 0.293 e. The van der Waals surface area contributed by atoms with Gasteiger partial charge in [-0.1, -0.05) is 18.2 Å². The van der Waals surface area contributed by atoms with Gasteiger partial charge in [0.15, 0.2) is 5.76 Å². The summed E-state index contributed by atoms with van der Waals surface area (Å²) in [5.74, 6) is -0.377. The van der Waals surface area contributed by atoms with E-state index in [4.69, 9.17) is 4.42 Å². The van der Waals surface area contributed by atoms with Crippen LogP contribution in [0, 0.1) is 0 Å². The van der Waals surface area contributed by atoms with Crippen molar-refractivity contribution in [1.29, 1.82) is 0 Å². The van der Waals surface area contributed by atoms with Crippen molar-refractivity contribution in [3.05, 3.63) is 84.1 Å². The third kappa shape index (κ3) is 3.64. The molecule has 2 aromatic heterocycles. The average Bonchev–Trinajstić information content (AvgIpc) is 3.22. The van der Waals surface area contributed by atoms with E-state index in [1.807, 2.05) is 19.1 Å². The van der Waals surface area contributed by atoms with Gasteiger partial charge in [-0.2, -0.15) is 0 Å². The van der Waals surface area contributed by atoms with Gasteiger partial charge in [-0.15, -0.1) is 0 Å². The van der Waals surface area contributed by atoms with E-state index in [1.54, 1.807) is 55.8 Å². The number of nitrogens with zero attached hydrogens (tertiary/aromatic N) is 2. The number of benzene rings is 1. The van der Waals surface area contributed by atoms with Crippen LogP contribution in [0.2, 0.25) is 0 Å². The van der Waals surface area contributed by atoms with Gasteiger partial charge in [0.05, 0.1) is 23.6 Å². The molecule has 1 N–H and O–H groups in total. The largest absolute Gasteiger partial charge is 0.459 e. The van der Waals surface area contributed by atoms with Crippen molar-refractivity contribution < 1.29 is 14.0 Å². The normalized spacial score (nSPS) is 11.6. The summed E-state index contributed by atoms with van der Waals surface area (Å²) in [6.45, 7) is 1.88. The molecule has 0 aliphatic heterocycles. The van der Waals surface area contributed by atoms with Crippen molar-refractivity contribution in [2.45, 2.75) is 13.0 Å². The minimum Gasteiger partial charge on any atom is -0.459 e. The third-order valence-electron chi connectivity index (χ3n) is 4.08. The lowest BCUT2D eigenvalue weighted by molar-refractivity contribution is 0.0940. The molecular formula is C20H19N3O3. The summed E-state index contributed by atoms with van der Waals surface area (Å²) in [6.07, 6.45) is 4.83. The SMILES string of the molecule is CC(NC(=O)c1ccccc1N(C)C(=O)c1ccco1)c1cccnc1. The molecule has 0 fully saturated rings. The quantitative estimate of drug-likeness (QED) is 0.765. The molecule has 26 heavy (non-hydrogen) atoms. The Hall–Kier alpha value is -3.41. The summed E-state index contributed by atoms with van der Waals surface area (Å²) in [5.41, 5.74) is 1.81. The van der Waals surface area contributed by atoms with Crippen LogP contribution in [0.25, 0.3) is 0 Å². The second kappa shape index (κ2) is 7.65. The average molecular weight is 349 g/mol. The predicted molar refractivity (Wildman–Crippen MR) is 98.0 cm³/mol. The first-order valence-corrected chi connectivity index (χ1v) is 8.19. The summed E-state index contributed by atoms with van der Waals surface area (Å²) in [7, 11) is 1.61. The molecule has 0 aliphatic rings. The van der Waals surface area contributed by atoms with Gasteiger partial charge in [-0.05, 0) is 42.8 Å². The summed E-state index contributed by atoms with van der Waals surface area (Å²) in [4.78, 5) is 30.8. The van der Waals surface area contributed by atoms with Gasteiger partial charge >= 0.3 is 0 Å². The Labute approximate surface area is 151 Å². The monoisotopic (exact) mass is 349 g/mol. The minimum atomic E-state index is -0.324. The number of aromatic nitrogens is 1. The van der Waals surface area contributed by atoms with Gasteiger partial charge < -0.3 is 14.6 Å². The molecule has 6 nitrogen and oxygen atoms in total. The molecule has 3 rings (SSSR count). The Balaban J connectivity index is 1.82. The number of hydrogen-bond donors (Lipinski definition) is 1. The van der Waals surface area contributed by atoms with Crippen molar-refractivity contribution in [2.75, 3.05) is 11.9 Å². The highest BCUT2D eigenvalue weighted by Gasteiger charge is 2.22. The van der Waals surface area contributed by atoms with E-state index in [1.165, 1.54) is 11.2 Å². The number of para-hydroxylation sites is 1. The zero-order valence-corrected chi connectivity index (χ0v) is 14.5. The van der Waals surface area contributed by atoms with E-state index in [2.05, 4.69) is 10.3 Å². The van der Waals surface area contributed by atoms with Crippen molar-refractivity contribution in [2.24, 2.45) is 0 Å². The highest BCUT2D eigenvalue weighted by atomic mass is 16.3. The fraction of sp³-hybridized carbons (Fsp3) is 0.150. The van der Waals surface area contributed by atoms with Crippen molar-refractivity contribution in [1.82, 2.24) is 10.3 Å². The molecule has 0 saturated heterocycles. The molecule has 1 unspecified atom stereocenters. The predicted octanol–water partition coefficient (Wildman–Crippen LogP) is 3.44. The maximum Gasteiger partial charge on any atom is 0.293 e. The first-order chi connectivity index (χ1) is 12.6. The minimum absolute atomic E-state index is 0.213. The van der Waals surface area contributed by atoms with Crippen molar-refractivity contribution in [3.63, 3.8) is 0 Å². The van der Waals surface area contributed by atoms with Gasteiger partial charge in [0.25, 0.3) is 11.8 Å². The second-order valence-electron chi connectivity index (χ2n) is 5.84. The van der Waals surface area contributed by atoms with E-state index in [0.717, 1.165) is 5.56 Å². The number of anilines is 1. The van der Waals surface area contributed by atoms with Gasteiger partial charge in [0.1, 0.15) is 0 Å².